The molecule has 0 N–H and O–H groups in total. The lowest BCUT2D eigenvalue weighted by atomic mass is 9.70. The van der Waals surface area contributed by atoms with Gasteiger partial charge in [0.05, 0.1) is 45.0 Å². The molecular formula is C134H95N7. The molecule has 22 aromatic rings. The summed E-state index contributed by atoms with van der Waals surface area (Å²) in [6.07, 6.45) is 0. The van der Waals surface area contributed by atoms with Crippen LogP contribution >= 0.6 is 0 Å². The molecule has 0 unspecified atom stereocenters. The minimum absolute atomic E-state index is 0.657. The summed E-state index contributed by atoms with van der Waals surface area (Å²) in [6, 6.07) is 210. The van der Waals surface area contributed by atoms with Crippen LogP contribution in [0.15, 0.2) is 576 Å². The first-order valence-corrected chi connectivity index (χ1v) is 48.5. The maximum Gasteiger partial charge on any atom is 0.0727 e. The van der Waals surface area contributed by atoms with Crippen molar-refractivity contribution in [2.75, 3.05) is 34.3 Å². The maximum atomic E-state index is 2.46. The van der Waals surface area contributed by atoms with Crippen molar-refractivity contribution in [1.29, 1.82) is 0 Å². The van der Waals surface area contributed by atoms with Crippen molar-refractivity contribution in [3.63, 3.8) is 0 Å². The second-order valence-electron chi connectivity index (χ2n) is 36.0. The standard InChI is InChI=1S/C73H52N4.C61H43N3/c1-9-28-53(29-10-1)74(54-30-11-2-12-31-54)61-50-51-63-62(52-61)70-64(44-25-47-67(70)75(55-32-13-3-14-33-55)56-34-15-4-16-35-56)73(63)65-45-26-48-68(76(57-36-17-5-18-37-57)58-38-19-6-20-39-58)71(65)72-66(73)46-27-49-69(72)77(59-40-21-7-22-41-59)60-42-23-8-24-43-60;1-7-24-44(25-8-1)62(45-26-9-2-10-27-45)55-41-21-38-52-58(55)50-36-19-20-37-51(50)61(52)53-39-22-42-56(63(46-28-11-3-12-29-46)47-30-13-4-14-31-47)59(53)60-54(61)40-23-43-57(60)64(48-32-15-5-16-33-48)49-34-17-6-18-35-49/h1-52H;1-43H. The number of hydrogen-bond donors (Lipinski definition) is 0. The third-order valence-electron chi connectivity index (χ3n) is 28.4. The van der Waals surface area contributed by atoms with Gasteiger partial charge in [0.15, 0.2) is 0 Å². The van der Waals surface area contributed by atoms with E-state index in [1.807, 2.05) is 0 Å². The molecular weight excluding hydrogens is 1710 g/mol. The molecule has 7 nitrogen and oxygen atoms in total. The highest BCUT2D eigenvalue weighted by atomic mass is 15.2. The van der Waals surface area contributed by atoms with Gasteiger partial charge < -0.3 is 34.3 Å². The Balaban J connectivity index is 0.000000151. The zero-order valence-corrected chi connectivity index (χ0v) is 77.5. The van der Waals surface area contributed by atoms with Gasteiger partial charge in [0.25, 0.3) is 0 Å². The fraction of sp³-hybridized carbons (Fsp3) is 0.0149. The highest BCUT2D eigenvalue weighted by molar-refractivity contribution is 6.12. The first-order valence-electron chi connectivity index (χ1n) is 48.5. The minimum Gasteiger partial charge on any atom is -0.310 e. The summed E-state index contributed by atoms with van der Waals surface area (Å²) in [5.41, 5.74) is 41.3. The molecule has 22 aromatic carbocycles. The van der Waals surface area contributed by atoms with E-state index in [0.29, 0.717) is 0 Å². The normalized spacial score (nSPS) is 12.4. The van der Waals surface area contributed by atoms with E-state index in [2.05, 4.69) is 611 Å². The van der Waals surface area contributed by atoms with Crippen molar-refractivity contribution in [3.05, 3.63) is 621 Å². The Morgan fingerprint density at radius 3 is 0.468 bits per heavy atom. The van der Waals surface area contributed by atoms with Crippen LogP contribution in [0.25, 0.3) is 44.5 Å². The van der Waals surface area contributed by atoms with E-state index < -0.39 is 10.8 Å². The molecule has 7 heteroatoms. The Morgan fingerprint density at radius 2 is 0.255 bits per heavy atom. The largest absolute Gasteiger partial charge is 0.310 e. The van der Waals surface area contributed by atoms with Gasteiger partial charge in [-0.1, -0.05) is 358 Å². The van der Waals surface area contributed by atoms with Gasteiger partial charge in [0.2, 0.25) is 0 Å². The molecule has 0 atom stereocenters. The molecule has 0 amide bonds. The molecule has 141 heavy (non-hydrogen) atoms. The monoisotopic (exact) mass is 1800 g/mol. The zero-order chi connectivity index (χ0) is 93.6. The molecule has 0 bridgehead atoms. The van der Waals surface area contributed by atoms with Crippen LogP contribution in [0.1, 0.15) is 44.5 Å². The second-order valence-corrected chi connectivity index (χ2v) is 36.0. The summed E-state index contributed by atoms with van der Waals surface area (Å²) < 4.78 is 0. The molecule has 0 heterocycles. The van der Waals surface area contributed by atoms with Crippen molar-refractivity contribution < 1.29 is 0 Å². The predicted molar refractivity (Wildman–Crippen MR) is 588 cm³/mol. The Kier molecular flexibility index (Phi) is 21.6. The number of para-hydroxylation sites is 14. The lowest BCUT2D eigenvalue weighted by Crippen LogP contribution is -2.26. The highest BCUT2D eigenvalue weighted by Gasteiger charge is 2.57. The molecule has 26 rings (SSSR count). The van der Waals surface area contributed by atoms with Crippen LogP contribution in [-0.2, 0) is 10.8 Å². The molecule has 0 radical (unpaired) electrons. The second kappa shape index (κ2) is 36.3. The number of fused-ring (bicyclic) bond motifs is 20. The molecule has 0 aromatic heterocycles. The number of benzene rings is 22. The Morgan fingerprint density at radius 1 is 0.0993 bits per heavy atom. The van der Waals surface area contributed by atoms with E-state index in [1.54, 1.807) is 0 Å². The summed E-state index contributed by atoms with van der Waals surface area (Å²) in [7, 11) is 0. The molecule has 666 valence electrons. The van der Waals surface area contributed by atoms with Gasteiger partial charge in [-0.25, -0.2) is 0 Å². The first-order chi connectivity index (χ1) is 70.1. The third kappa shape index (κ3) is 14.2. The van der Waals surface area contributed by atoms with E-state index >= 15 is 0 Å². The number of rotatable bonds is 21. The van der Waals surface area contributed by atoms with E-state index in [0.717, 1.165) is 119 Å². The van der Waals surface area contributed by atoms with E-state index in [9.17, 15) is 0 Å². The fourth-order valence-corrected chi connectivity index (χ4v) is 22.9. The number of hydrogen-bond acceptors (Lipinski definition) is 7. The van der Waals surface area contributed by atoms with Crippen LogP contribution in [0.5, 0.6) is 0 Å². The van der Waals surface area contributed by atoms with Crippen molar-refractivity contribution in [3.8, 4) is 44.5 Å². The molecule has 0 aliphatic heterocycles. The van der Waals surface area contributed by atoms with Crippen LogP contribution in [0.4, 0.5) is 119 Å². The Labute approximate surface area is 824 Å². The summed E-state index contributed by atoms with van der Waals surface area (Å²) in [5.74, 6) is 0. The van der Waals surface area contributed by atoms with E-state index in [4.69, 9.17) is 0 Å². The number of nitrogens with zero attached hydrogens (tertiary/aromatic N) is 7. The quantitative estimate of drug-likeness (QED) is 0.0706. The van der Waals surface area contributed by atoms with Crippen LogP contribution in [0.2, 0.25) is 0 Å². The average molecular weight is 1800 g/mol. The van der Waals surface area contributed by atoms with Crippen molar-refractivity contribution in [2.24, 2.45) is 0 Å². The van der Waals surface area contributed by atoms with Gasteiger partial charge >= 0.3 is 0 Å². The lowest BCUT2D eigenvalue weighted by Gasteiger charge is -2.33. The summed E-state index contributed by atoms with van der Waals surface area (Å²) in [6.45, 7) is 0. The maximum absolute atomic E-state index is 2.46. The van der Waals surface area contributed by atoms with E-state index in [-0.39, 0.29) is 0 Å². The van der Waals surface area contributed by atoms with Crippen molar-refractivity contribution in [2.45, 2.75) is 10.8 Å². The Hall–Kier alpha value is -18.6. The minimum atomic E-state index is -0.780. The predicted octanol–water partition coefficient (Wildman–Crippen LogP) is 36.3. The fourth-order valence-electron chi connectivity index (χ4n) is 22.9. The van der Waals surface area contributed by atoms with Crippen molar-refractivity contribution >= 4 is 119 Å². The van der Waals surface area contributed by atoms with Crippen LogP contribution in [0.3, 0.4) is 0 Å². The smallest absolute Gasteiger partial charge is 0.0727 e. The topological polar surface area (TPSA) is 22.7 Å². The van der Waals surface area contributed by atoms with Crippen molar-refractivity contribution in [1.82, 2.24) is 0 Å². The molecule has 4 aliphatic rings. The van der Waals surface area contributed by atoms with E-state index in [1.165, 1.54) is 89.0 Å². The molecule has 2 spiro atoms. The third-order valence-corrected chi connectivity index (χ3v) is 28.4. The van der Waals surface area contributed by atoms with Crippen LogP contribution in [-0.4, -0.2) is 0 Å². The molecule has 0 saturated heterocycles. The number of anilines is 21. The highest BCUT2D eigenvalue weighted by Crippen LogP contribution is 2.71. The lowest BCUT2D eigenvalue weighted by molar-refractivity contribution is 0.793. The van der Waals surface area contributed by atoms with Crippen LogP contribution < -0.4 is 34.3 Å². The molecule has 0 fully saturated rings. The van der Waals surface area contributed by atoms with Gasteiger partial charge in [0, 0.05) is 119 Å². The molecule has 0 saturated carbocycles. The summed E-state index contributed by atoms with van der Waals surface area (Å²) in [4.78, 5) is 17.1. The van der Waals surface area contributed by atoms with Gasteiger partial charge in [0.1, 0.15) is 0 Å². The van der Waals surface area contributed by atoms with Gasteiger partial charge in [-0.15, -0.1) is 0 Å². The van der Waals surface area contributed by atoms with Gasteiger partial charge in [-0.2, -0.15) is 0 Å². The average Bonchev–Trinajstić information content (AvgIpc) is 1.50. The van der Waals surface area contributed by atoms with Gasteiger partial charge in [-0.3, -0.25) is 0 Å². The Bertz CT molecular complexity index is 7720. The molecule has 4 aliphatic carbocycles. The first kappa shape index (κ1) is 84.2. The summed E-state index contributed by atoms with van der Waals surface area (Å²) in [5, 5.41) is 0. The zero-order valence-electron chi connectivity index (χ0n) is 77.5. The van der Waals surface area contributed by atoms with Gasteiger partial charge in [-0.05, 0) is 274 Å². The van der Waals surface area contributed by atoms with Crippen LogP contribution in [0, 0.1) is 0 Å². The summed E-state index contributed by atoms with van der Waals surface area (Å²) >= 11 is 0. The SMILES string of the molecule is c1ccc(N(c2ccccc2)c2ccc3c(c2)-c2c(N(c4ccccc4)c4ccccc4)cccc2C32c3cccc(N(c4ccccc4)c4ccccc4)c3-c3c(N(c4ccccc4)c4ccccc4)cccc32)cc1.c1ccc(N(c2ccccc2)c2cccc3c2-c2ccccc2C32c3cccc(N(c4ccccc4)c4ccccc4)c3-c3c(N(c4ccccc4)c4ccccc4)cccc32)cc1.